The van der Waals surface area contributed by atoms with E-state index in [9.17, 15) is 13.2 Å². The molecule has 2 aliphatic rings. The zero-order valence-corrected chi connectivity index (χ0v) is 17.8. The van der Waals surface area contributed by atoms with Gasteiger partial charge in [0, 0.05) is 51.5 Å². The highest BCUT2D eigenvalue weighted by atomic mass is 32.2. The fourth-order valence-electron chi connectivity index (χ4n) is 4.69. The predicted molar refractivity (Wildman–Crippen MR) is 110 cm³/mol. The zero-order valence-electron chi connectivity index (χ0n) is 17.0. The Morgan fingerprint density at radius 3 is 2.64 bits per heavy atom. The summed E-state index contributed by atoms with van der Waals surface area (Å²) in [5.41, 5.74) is 1.37. The van der Waals surface area contributed by atoms with Gasteiger partial charge in [0.05, 0.1) is 18.8 Å². The number of hydrogen-bond acceptors (Lipinski definition) is 5. The van der Waals surface area contributed by atoms with Crippen molar-refractivity contribution in [2.24, 2.45) is 11.3 Å². The van der Waals surface area contributed by atoms with E-state index >= 15 is 0 Å². The van der Waals surface area contributed by atoms with Crippen LogP contribution >= 0.6 is 0 Å². The average Bonchev–Trinajstić information content (AvgIpc) is 3.17. The molecule has 0 aromatic heterocycles. The van der Waals surface area contributed by atoms with Gasteiger partial charge in [-0.15, -0.1) is 0 Å². The SMILES string of the molecule is COCCC(=O)N1C[C@@H]2CN(CCS(C)(=O)=O)C[C@]2(CCc2ccccc2)C1. The molecule has 0 aliphatic carbocycles. The van der Waals surface area contributed by atoms with Gasteiger partial charge < -0.3 is 14.5 Å². The molecule has 2 heterocycles. The second-order valence-electron chi connectivity index (χ2n) is 8.43. The molecule has 1 amide bonds. The minimum atomic E-state index is -2.96. The maximum absolute atomic E-state index is 12.5. The normalized spacial score (nSPS) is 25.2. The number of sulfone groups is 1. The predicted octanol–water partition coefficient (Wildman–Crippen LogP) is 1.46. The van der Waals surface area contributed by atoms with Crippen molar-refractivity contribution in [3.8, 4) is 0 Å². The van der Waals surface area contributed by atoms with Crippen molar-refractivity contribution < 1.29 is 17.9 Å². The minimum absolute atomic E-state index is 0.0517. The summed E-state index contributed by atoms with van der Waals surface area (Å²) in [6, 6.07) is 10.5. The van der Waals surface area contributed by atoms with Gasteiger partial charge in [0.25, 0.3) is 0 Å². The highest BCUT2D eigenvalue weighted by molar-refractivity contribution is 7.90. The lowest BCUT2D eigenvalue weighted by atomic mass is 9.76. The summed E-state index contributed by atoms with van der Waals surface area (Å²) < 4.78 is 28.2. The zero-order chi connectivity index (χ0) is 20.2. The fourth-order valence-corrected chi connectivity index (χ4v) is 5.28. The third kappa shape index (κ3) is 5.33. The molecule has 0 saturated carbocycles. The Labute approximate surface area is 168 Å². The Balaban J connectivity index is 1.68. The molecule has 156 valence electrons. The van der Waals surface area contributed by atoms with Crippen molar-refractivity contribution in [2.75, 3.05) is 58.4 Å². The molecule has 2 aliphatic heterocycles. The van der Waals surface area contributed by atoms with Crippen LogP contribution in [0.2, 0.25) is 0 Å². The van der Waals surface area contributed by atoms with Crippen molar-refractivity contribution in [1.82, 2.24) is 9.80 Å². The molecule has 0 bridgehead atoms. The summed E-state index contributed by atoms with van der Waals surface area (Å²) in [6.45, 7) is 4.32. The lowest BCUT2D eigenvalue weighted by Gasteiger charge is -2.30. The van der Waals surface area contributed by atoms with Crippen molar-refractivity contribution in [2.45, 2.75) is 19.3 Å². The number of benzene rings is 1. The van der Waals surface area contributed by atoms with Gasteiger partial charge in [-0.05, 0) is 24.3 Å². The van der Waals surface area contributed by atoms with Gasteiger partial charge in [0.2, 0.25) is 5.91 Å². The fraction of sp³-hybridized carbons (Fsp3) is 0.667. The molecule has 28 heavy (non-hydrogen) atoms. The number of hydrogen-bond donors (Lipinski definition) is 0. The van der Waals surface area contributed by atoms with Crippen LogP contribution < -0.4 is 0 Å². The van der Waals surface area contributed by atoms with E-state index in [0.717, 1.165) is 39.0 Å². The lowest BCUT2D eigenvalue weighted by Crippen LogP contribution is -2.38. The summed E-state index contributed by atoms with van der Waals surface area (Å²) >= 11 is 0. The first-order valence-electron chi connectivity index (χ1n) is 10.0. The van der Waals surface area contributed by atoms with E-state index in [-0.39, 0.29) is 17.1 Å². The number of carbonyl (C=O) groups is 1. The maximum Gasteiger partial charge on any atom is 0.224 e. The van der Waals surface area contributed by atoms with Gasteiger partial charge in [-0.25, -0.2) is 8.42 Å². The summed E-state index contributed by atoms with van der Waals surface area (Å²) in [5.74, 6) is 0.769. The first-order valence-corrected chi connectivity index (χ1v) is 12.1. The van der Waals surface area contributed by atoms with Crippen LogP contribution in [0.5, 0.6) is 0 Å². The first kappa shape index (κ1) is 21.3. The van der Waals surface area contributed by atoms with E-state index < -0.39 is 9.84 Å². The average molecular weight is 409 g/mol. The molecule has 0 N–H and O–H groups in total. The largest absolute Gasteiger partial charge is 0.384 e. The smallest absolute Gasteiger partial charge is 0.224 e. The van der Waals surface area contributed by atoms with E-state index in [1.165, 1.54) is 11.8 Å². The van der Waals surface area contributed by atoms with Crippen LogP contribution in [0.1, 0.15) is 18.4 Å². The molecule has 2 saturated heterocycles. The Morgan fingerprint density at radius 2 is 1.96 bits per heavy atom. The van der Waals surface area contributed by atoms with Crippen LogP contribution in [0.25, 0.3) is 0 Å². The van der Waals surface area contributed by atoms with Crippen molar-refractivity contribution >= 4 is 15.7 Å². The van der Waals surface area contributed by atoms with Crippen LogP contribution in [-0.4, -0.2) is 82.6 Å². The van der Waals surface area contributed by atoms with E-state index in [2.05, 4.69) is 29.2 Å². The quantitative estimate of drug-likeness (QED) is 0.619. The summed E-state index contributed by atoms with van der Waals surface area (Å²) in [5, 5.41) is 0. The molecular formula is C21H32N2O4S. The number of carbonyl (C=O) groups excluding carboxylic acids is 1. The molecule has 0 spiro atoms. The summed E-state index contributed by atoms with van der Waals surface area (Å²) in [4.78, 5) is 16.8. The number of amides is 1. The summed E-state index contributed by atoms with van der Waals surface area (Å²) in [6.07, 6.45) is 3.73. The molecule has 0 radical (unpaired) electrons. The maximum atomic E-state index is 12.5. The molecule has 7 heteroatoms. The third-order valence-electron chi connectivity index (χ3n) is 6.24. The van der Waals surface area contributed by atoms with Gasteiger partial charge in [-0.2, -0.15) is 0 Å². The number of likely N-dealkylation sites (tertiary alicyclic amines) is 2. The van der Waals surface area contributed by atoms with Crippen LogP contribution in [0, 0.1) is 11.3 Å². The Morgan fingerprint density at radius 1 is 1.21 bits per heavy atom. The Kier molecular flexibility index (Phi) is 6.78. The van der Waals surface area contributed by atoms with Crippen molar-refractivity contribution in [3.63, 3.8) is 0 Å². The van der Waals surface area contributed by atoms with Gasteiger partial charge in [-0.1, -0.05) is 30.3 Å². The minimum Gasteiger partial charge on any atom is -0.384 e. The second-order valence-corrected chi connectivity index (χ2v) is 10.7. The van der Waals surface area contributed by atoms with Crippen LogP contribution in [0.3, 0.4) is 0 Å². The van der Waals surface area contributed by atoms with Crippen molar-refractivity contribution in [1.29, 1.82) is 0 Å². The van der Waals surface area contributed by atoms with Gasteiger partial charge in [-0.3, -0.25) is 4.79 Å². The molecule has 1 aromatic carbocycles. The van der Waals surface area contributed by atoms with Gasteiger partial charge in [0.1, 0.15) is 9.84 Å². The van der Waals surface area contributed by atoms with Crippen LogP contribution in [0.15, 0.2) is 30.3 Å². The molecule has 3 rings (SSSR count). The number of ether oxygens (including phenoxy) is 1. The molecule has 2 atom stereocenters. The van der Waals surface area contributed by atoms with Gasteiger partial charge >= 0.3 is 0 Å². The van der Waals surface area contributed by atoms with Gasteiger partial charge in [0.15, 0.2) is 0 Å². The highest BCUT2D eigenvalue weighted by Crippen LogP contribution is 2.45. The standard InChI is InChI=1S/C21H32N2O4S/c1-27-12-9-20(24)23-15-19-14-22(11-13-28(2,25)26)16-21(19,17-23)10-8-18-6-4-3-5-7-18/h3-7,19H,8-17H2,1-2H3/t19-,21+/m0/s1. The van der Waals surface area contributed by atoms with E-state index in [4.69, 9.17) is 4.74 Å². The number of nitrogens with zero attached hydrogens (tertiary/aromatic N) is 2. The number of rotatable bonds is 9. The number of fused-ring (bicyclic) bond motifs is 1. The highest BCUT2D eigenvalue weighted by Gasteiger charge is 2.52. The van der Waals surface area contributed by atoms with E-state index in [1.54, 1.807) is 7.11 Å². The number of aryl methyl sites for hydroxylation is 1. The topological polar surface area (TPSA) is 66.9 Å². The summed E-state index contributed by atoms with van der Waals surface area (Å²) in [7, 11) is -1.35. The monoisotopic (exact) mass is 408 g/mol. The third-order valence-corrected chi connectivity index (χ3v) is 7.16. The van der Waals surface area contributed by atoms with E-state index in [1.807, 2.05) is 11.0 Å². The molecular weight excluding hydrogens is 376 g/mol. The molecule has 1 aromatic rings. The number of methoxy groups -OCH3 is 1. The molecule has 6 nitrogen and oxygen atoms in total. The lowest BCUT2D eigenvalue weighted by molar-refractivity contribution is -0.131. The molecule has 2 fully saturated rings. The van der Waals surface area contributed by atoms with Crippen LogP contribution in [0.4, 0.5) is 0 Å². The molecule has 0 unspecified atom stereocenters. The second kappa shape index (κ2) is 8.93. The van der Waals surface area contributed by atoms with E-state index in [0.29, 0.717) is 25.5 Å². The van der Waals surface area contributed by atoms with Crippen molar-refractivity contribution in [3.05, 3.63) is 35.9 Å². The Bertz CT molecular complexity index is 768. The first-order chi connectivity index (χ1) is 13.3. The van der Waals surface area contributed by atoms with Crippen LogP contribution in [-0.2, 0) is 25.8 Å². The Hall–Kier alpha value is -1.44.